The third kappa shape index (κ3) is 4.75. The van der Waals surface area contributed by atoms with E-state index in [1.807, 2.05) is 6.92 Å². The monoisotopic (exact) mass is 505 g/mol. The number of hydrogen-bond donors (Lipinski definition) is 0. The zero-order valence-corrected chi connectivity index (χ0v) is 19.9. The molecule has 3 rings (SSSR count). The summed E-state index contributed by atoms with van der Waals surface area (Å²) >= 11 is 13.9. The molecule has 1 aliphatic carbocycles. The van der Waals surface area contributed by atoms with Gasteiger partial charge in [0.2, 0.25) is 0 Å². The molecule has 1 atom stereocenters. The molecular weight excluding hydrogens is 482 g/mol. The molecule has 0 saturated heterocycles. The Kier molecular flexibility index (Phi) is 7.00. The van der Waals surface area contributed by atoms with E-state index in [2.05, 4.69) is 92.0 Å². The summed E-state index contributed by atoms with van der Waals surface area (Å²) in [5, 5.41) is 0. The van der Waals surface area contributed by atoms with Crippen LogP contribution >= 0.6 is 44.1 Å². The normalized spacial score (nSPS) is 18.6. The highest BCUT2D eigenvalue weighted by atomic mass is 79.9. The first-order chi connectivity index (χ1) is 12.9. The van der Waals surface area contributed by atoms with Crippen molar-refractivity contribution in [2.24, 2.45) is 7.05 Å². The van der Waals surface area contributed by atoms with Crippen LogP contribution in [0.3, 0.4) is 0 Å². The van der Waals surface area contributed by atoms with Crippen molar-refractivity contribution in [3.05, 3.63) is 52.3 Å². The van der Waals surface area contributed by atoms with Crippen LogP contribution in [-0.2, 0) is 13.5 Å². The highest BCUT2D eigenvalue weighted by Gasteiger charge is 2.38. The van der Waals surface area contributed by atoms with Crippen molar-refractivity contribution in [3.63, 3.8) is 0 Å². The van der Waals surface area contributed by atoms with Gasteiger partial charge in [0.05, 0.1) is 7.74 Å². The van der Waals surface area contributed by atoms with Gasteiger partial charge in [0, 0.05) is 37.3 Å². The summed E-state index contributed by atoms with van der Waals surface area (Å²) in [5.41, 5.74) is 4.98. The maximum Gasteiger partial charge on any atom is 0.0874 e. The number of benzene rings is 1. The Morgan fingerprint density at radius 2 is 1.96 bits per heavy atom. The SMILES string of the molecule is CC#CCCc1ccccc1-c1cn(C)cc(C2CCCCC2(Br)Br)c1=S. The molecule has 142 valence electrons. The molecule has 2 aromatic rings. The Balaban J connectivity index is 2.09. The number of hydrogen-bond acceptors (Lipinski definition) is 1. The summed E-state index contributed by atoms with van der Waals surface area (Å²) in [6.45, 7) is 1.90. The zero-order chi connectivity index (χ0) is 19.4. The number of alkyl halides is 2. The molecule has 0 amide bonds. The standard InChI is InChI=1S/C23H25Br2NS/c1-3-4-5-10-17-11-6-7-12-18(17)19-15-26(2)16-20(22(19)27)21-13-8-9-14-23(21,24)25/h6-7,11-12,15-16,21H,5,8-10,13-14H2,1-2H3. The minimum Gasteiger partial charge on any atom is -0.356 e. The van der Waals surface area contributed by atoms with Gasteiger partial charge in [-0.25, -0.2) is 0 Å². The van der Waals surface area contributed by atoms with E-state index in [1.54, 1.807) is 0 Å². The van der Waals surface area contributed by atoms with Gasteiger partial charge in [-0.2, -0.15) is 0 Å². The second-order valence-corrected chi connectivity index (χ2v) is 11.6. The van der Waals surface area contributed by atoms with Crippen LogP contribution in [0.15, 0.2) is 36.7 Å². The fourth-order valence-electron chi connectivity index (χ4n) is 3.97. The molecule has 0 radical (unpaired) electrons. The maximum absolute atomic E-state index is 6.03. The van der Waals surface area contributed by atoms with Gasteiger partial charge in [0.15, 0.2) is 0 Å². The predicted molar refractivity (Wildman–Crippen MR) is 125 cm³/mol. The molecule has 1 aliphatic rings. The third-order valence-electron chi connectivity index (χ3n) is 5.32. The summed E-state index contributed by atoms with van der Waals surface area (Å²) < 4.78 is 3.08. The van der Waals surface area contributed by atoms with E-state index < -0.39 is 0 Å². The van der Waals surface area contributed by atoms with Gasteiger partial charge in [0.1, 0.15) is 0 Å². The van der Waals surface area contributed by atoms with E-state index in [-0.39, 0.29) is 3.23 Å². The Labute approximate surface area is 184 Å². The first-order valence-electron chi connectivity index (χ1n) is 9.50. The lowest BCUT2D eigenvalue weighted by Gasteiger charge is -2.36. The molecule has 27 heavy (non-hydrogen) atoms. The van der Waals surface area contributed by atoms with Gasteiger partial charge in [-0.3, -0.25) is 0 Å². The predicted octanol–water partition coefficient (Wildman–Crippen LogP) is 7.52. The van der Waals surface area contributed by atoms with Crippen LogP contribution in [0.25, 0.3) is 11.1 Å². The molecule has 1 unspecified atom stereocenters. The second kappa shape index (κ2) is 9.07. The van der Waals surface area contributed by atoms with Crippen molar-refractivity contribution >= 4 is 44.1 Å². The van der Waals surface area contributed by atoms with Crippen LogP contribution in [0.4, 0.5) is 0 Å². The first kappa shape index (κ1) is 20.8. The number of aromatic nitrogens is 1. The van der Waals surface area contributed by atoms with E-state index in [1.165, 1.54) is 29.5 Å². The number of rotatable bonds is 4. The molecule has 1 aromatic carbocycles. The number of pyridine rings is 1. The van der Waals surface area contributed by atoms with E-state index in [0.717, 1.165) is 35.8 Å². The molecule has 1 saturated carbocycles. The van der Waals surface area contributed by atoms with Crippen LogP contribution < -0.4 is 0 Å². The second-order valence-electron chi connectivity index (χ2n) is 7.27. The Morgan fingerprint density at radius 1 is 1.19 bits per heavy atom. The van der Waals surface area contributed by atoms with Crippen molar-refractivity contribution in [1.82, 2.24) is 4.57 Å². The molecule has 4 heteroatoms. The van der Waals surface area contributed by atoms with Crippen molar-refractivity contribution in [3.8, 4) is 23.0 Å². The summed E-state index contributed by atoms with van der Waals surface area (Å²) in [6.07, 6.45) is 11.0. The van der Waals surface area contributed by atoms with Gasteiger partial charge in [-0.05, 0) is 42.9 Å². The molecule has 1 heterocycles. The number of nitrogens with zero attached hydrogens (tertiary/aromatic N) is 1. The van der Waals surface area contributed by atoms with Crippen LogP contribution in [0.1, 0.15) is 56.1 Å². The minimum absolute atomic E-state index is 0.0618. The molecule has 1 fully saturated rings. The van der Waals surface area contributed by atoms with E-state index >= 15 is 0 Å². The average Bonchev–Trinajstić information content (AvgIpc) is 2.64. The van der Waals surface area contributed by atoms with Crippen LogP contribution in [0, 0.1) is 16.4 Å². The smallest absolute Gasteiger partial charge is 0.0874 e. The quantitative estimate of drug-likeness (QED) is 0.236. The zero-order valence-electron chi connectivity index (χ0n) is 15.9. The maximum atomic E-state index is 6.03. The largest absolute Gasteiger partial charge is 0.356 e. The van der Waals surface area contributed by atoms with Gasteiger partial charge >= 0.3 is 0 Å². The molecule has 1 aromatic heterocycles. The van der Waals surface area contributed by atoms with Crippen molar-refractivity contribution < 1.29 is 0 Å². The minimum atomic E-state index is -0.0618. The van der Waals surface area contributed by atoms with Crippen LogP contribution in [0.2, 0.25) is 0 Å². The third-order valence-corrected chi connectivity index (χ3v) is 7.68. The van der Waals surface area contributed by atoms with Crippen LogP contribution in [-0.4, -0.2) is 7.80 Å². The topological polar surface area (TPSA) is 4.93 Å². The lowest BCUT2D eigenvalue weighted by Crippen LogP contribution is -2.27. The van der Waals surface area contributed by atoms with E-state index in [0.29, 0.717) is 5.92 Å². The molecule has 0 spiro atoms. The van der Waals surface area contributed by atoms with Gasteiger partial charge in [-0.15, -0.1) is 11.8 Å². The Hall–Kier alpha value is -0.890. The fraction of sp³-hybridized carbons (Fsp3) is 0.435. The summed E-state index contributed by atoms with van der Waals surface area (Å²) in [4.78, 5) is 0. The highest BCUT2D eigenvalue weighted by Crippen LogP contribution is 2.51. The Bertz CT molecular complexity index is 933. The number of halogens is 2. The lowest BCUT2D eigenvalue weighted by molar-refractivity contribution is 0.440. The summed E-state index contributed by atoms with van der Waals surface area (Å²) in [7, 11) is 2.10. The first-order valence-corrected chi connectivity index (χ1v) is 11.5. The van der Waals surface area contributed by atoms with Gasteiger partial charge in [0.25, 0.3) is 0 Å². The lowest BCUT2D eigenvalue weighted by atomic mass is 9.83. The van der Waals surface area contributed by atoms with Crippen molar-refractivity contribution in [2.75, 3.05) is 0 Å². The van der Waals surface area contributed by atoms with E-state index in [4.69, 9.17) is 12.2 Å². The average molecular weight is 507 g/mol. The van der Waals surface area contributed by atoms with Crippen LogP contribution in [0.5, 0.6) is 0 Å². The van der Waals surface area contributed by atoms with Gasteiger partial charge < -0.3 is 4.57 Å². The Morgan fingerprint density at radius 3 is 2.70 bits per heavy atom. The molecule has 0 bridgehead atoms. The number of aryl methyl sites for hydroxylation is 2. The molecule has 0 N–H and O–H groups in total. The van der Waals surface area contributed by atoms with E-state index in [9.17, 15) is 0 Å². The highest BCUT2D eigenvalue weighted by molar-refractivity contribution is 9.25. The molecular formula is C23H25Br2NS. The summed E-state index contributed by atoms with van der Waals surface area (Å²) in [5.74, 6) is 6.55. The van der Waals surface area contributed by atoms with Crippen molar-refractivity contribution in [2.45, 2.75) is 54.6 Å². The summed E-state index contributed by atoms with van der Waals surface area (Å²) in [6, 6.07) is 8.61. The van der Waals surface area contributed by atoms with Gasteiger partial charge in [-0.1, -0.05) is 81.2 Å². The van der Waals surface area contributed by atoms with Crippen molar-refractivity contribution in [1.29, 1.82) is 0 Å². The molecule has 1 nitrogen and oxygen atoms in total. The molecule has 0 aliphatic heterocycles. The fourth-order valence-corrected chi connectivity index (χ4v) is 5.84.